The molecule has 0 spiro atoms. The molecule has 2 aromatic carbocycles. The molecule has 28 heavy (non-hydrogen) atoms. The number of aromatic nitrogens is 4. The van der Waals surface area contributed by atoms with Gasteiger partial charge in [0.1, 0.15) is 5.82 Å². The highest BCUT2D eigenvalue weighted by atomic mass is 16.1. The molecule has 0 unspecified atom stereocenters. The molecule has 0 bridgehead atoms. The summed E-state index contributed by atoms with van der Waals surface area (Å²) in [6, 6.07) is 15.6. The molecule has 5 rings (SSSR count). The third-order valence-electron chi connectivity index (χ3n) is 4.82. The van der Waals surface area contributed by atoms with E-state index < -0.39 is 0 Å². The monoisotopic (exact) mass is 367 g/mol. The van der Waals surface area contributed by atoms with Crippen molar-refractivity contribution in [3.63, 3.8) is 0 Å². The van der Waals surface area contributed by atoms with Gasteiger partial charge in [0.05, 0.1) is 6.20 Å². The first-order valence-electron chi connectivity index (χ1n) is 8.93. The lowest BCUT2D eigenvalue weighted by atomic mass is 10.0. The van der Waals surface area contributed by atoms with Crippen LogP contribution in [0.5, 0.6) is 0 Å². The summed E-state index contributed by atoms with van der Waals surface area (Å²) in [4.78, 5) is 20.1. The second kappa shape index (κ2) is 6.35. The lowest BCUT2D eigenvalue weighted by molar-refractivity contribution is 0.102. The van der Waals surface area contributed by atoms with Crippen LogP contribution in [0.1, 0.15) is 10.4 Å². The van der Waals surface area contributed by atoms with Crippen molar-refractivity contribution in [3.05, 3.63) is 78.9 Å². The van der Waals surface area contributed by atoms with Gasteiger partial charge in [-0.1, -0.05) is 12.1 Å². The number of carbonyl (C=O) groups is 1. The number of H-pyrrole nitrogens is 1. The van der Waals surface area contributed by atoms with Crippen molar-refractivity contribution in [3.8, 4) is 11.1 Å². The van der Waals surface area contributed by atoms with Gasteiger partial charge < -0.3 is 10.3 Å². The maximum absolute atomic E-state index is 12.6. The molecule has 1 amide bonds. The molecule has 0 radical (unpaired) electrons. The van der Waals surface area contributed by atoms with E-state index in [4.69, 9.17) is 0 Å². The minimum Gasteiger partial charge on any atom is -0.361 e. The van der Waals surface area contributed by atoms with Crippen molar-refractivity contribution in [1.29, 1.82) is 0 Å². The number of hydrogen-bond acceptors (Lipinski definition) is 3. The summed E-state index contributed by atoms with van der Waals surface area (Å²) < 4.78 is 1.78. The number of benzene rings is 2. The summed E-state index contributed by atoms with van der Waals surface area (Å²) in [5.74, 6) is 0.341. The summed E-state index contributed by atoms with van der Waals surface area (Å²) in [6.07, 6.45) is 7.44. The number of nitrogens with zero attached hydrogens (tertiary/aromatic N) is 3. The third kappa shape index (κ3) is 2.91. The number of rotatable bonds is 3. The molecular formula is C22H17N5O. The normalized spacial score (nSPS) is 11.2. The fraction of sp³-hybridized carbons (Fsp3) is 0.0455. The van der Waals surface area contributed by atoms with Crippen LogP contribution in [0.2, 0.25) is 0 Å². The summed E-state index contributed by atoms with van der Waals surface area (Å²) in [6.45, 7) is 0. The number of hydrogen-bond donors (Lipinski definition) is 2. The third-order valence-corrected chi connectivity index (χ3v) is 4.82. The van der Waals surface area contributed by atoms with Crippen molar-refractivity contribution in [2.75, 3.05) is 5.32 Å². The van der Waals surface area contributed by atoms with Crippen molar-refractivity contribution >= 4 is 33.4 Å². The van der Waals surface area contributed by atoms with Gasteiger partial charge >= 0.3 is 0 Å². The molecule has 5 aromatic rings. The van der Waals surface area contributed by atoms with Gasteiger partial charge in [-0.25, -0.2) is 4.98 Å². The van der Waals surface area contributed by atoms with E-state index in [1.807, 2.05) is 62.0 Å². The van der Waals surface area contributed by atoms with Crippen LogP contribution in [-0.4, -0.2) is 25.7 Å². The minimum absolute atomic E-state index is 0.182. The molecule has 0 atom stereocenters. The fourth-order valence-corrected chi connectivity index (χ4v) is 3.34. The van der Waals surface area contributed by atoms with Crippen LogP contribution in [0.4, 0.5) is 5.82 Å². The van der Waals surface area contributed by atoms with Gasteiger partial charge in [0.2, 0.25) is 0 Å². The van der Waals surface area contributed by atoms with Crippen LogP contribution in [0, 0.1) is 0 Å². The van der Waals surface area contributed by atoms with E-state index in [1.54, 1.807) is 16.9 Å². The zero-order chi connectivity index (χ0) is 19.1. The largest absolute Gasteiger partial charge is 0.361 e. The Balaban J connectivity index is 1.45. The van der Waals surface area contributed by atoms with Gasteiger partial charge in [-0.05, 0) is 47.3 Å². The van der Waals surface area contributed by atoms with Crippen LogP contribution < -0.4 is 5.32 Å². The number of aromatic amines is 1. The quantitative estimate of drug-likeness (QED) is 0.497. The molecule has 3 heterocycles. The Morgan fingerprint density at radius 2 is 1.89 bits per heavy atom. The number of aryl methyl sites for hydroxylation is 1. The molecule has 3 aromatic heterocycles. The number of pyridine rings is 1. The van der Waals surface area contributed by atoms with Crippen molar-refractivity contribution in [2.45, 2.75) is 0 Å². The van der Waals surface area contributed by atoms with Gasteiger partial charge in [0, 0.05) is 53.1 Å². The fourth-order valence-electron chi connectivity index (χ4n) is 3.34. The van der Waals surface area contributed by atoms with Gasteiger partial charge in [-0.3, -0.25) is 9.48 Å². The number of anilines is 1. The van der Waals surface area contributed by atoms with Gasteiger partial charge in [0.25, 0.3) is 5.91 Å². The van der Waals surface area contributed by atoms with Crippen LogP contribution >= 0.6 is 0 Å². The van der Waals surface area contributed by atoms with Gasteiger partial charge in [0.15, 0.2) is 0 Å². The van der Waals surface area contributed by atoms with Gasteiger partial charge in [-0.15, -0.1) is 0 Å². The smallest absolute Gasteiger partial charge is 0.256 e. The molecule has 0 saturated heterocycles. The van der Waals surface area contributed by atoms with E-state index in [9.17, 15) is 4.79 Å². The van der Waals surface area contributed by atoms with E-state index in [2.05, 4.69) is 26.4 Å². The van der Waals surface area contributed by atoms with Crippen molar-refractivity contribution in [2.24, 2.45) is 7.05 Å². The predicted octanol–water partition coefficient (Wildman–Crippen LogP) is 4.37. The van der Waals surface area contributed by atoms with Crippen LogP contribution in [0.3, 0.4) is 0 Å². The number of amides is 1. The van der Waals surface area contributed by atoms with Crippen molar-refractivity contribution < 1.29 is 4.79 Å². The predicted molar refractivity (Wildman–Crippen MR) is 110 cm³/mol. The first-order valence-corrected chi connectivity index (χ1v) is 8.93. The maximum atomic E-state index is 12.6. The number of carbonyl (C=O) groups excluding carboxylic acids is 1. The van der Waals surface area contributed by atoms with E-state index in [-0.39, 0.29) is 5.91 Å². The van der Waals surface area contributed by atoms with Crippen LogP contribution in [-0.2, 0) is 7.05 Å². The maximum Gasteiger partial charge on any atom is 0.256 e. The molecular weight excluding hydrogens is 350 g/mol. The molecule has 0 aliphatic rings. The highest BCUT2D eigenvalue weighted by Gasteiger charge is 2.09. The molecule has 2 N–H and O–H groups in total. The Labute approximate surface area is 160 Å². The topological polar surface area (TPSA) is 75.6 Å². The Hall–Kier alpha value is -3.93. The van der Waals surface area contributed by atoms with Crippen LogP contribution in [0.25, 0.3) is 32.8 Å². The van der Waals surface area contributed by atoms with Crippen molar-refractivity contribution in [1.82, 2.24) is 19.7 Å². The molecule has 0 aliphatic carbocycles. The average molecular weight is 367 g/mol. The zero-order valence-electron chi connectivity index (χ0n) is 15.2. The average Bonchev–Trinajstić information content (AvgIpc) is 3.35. The molecule has 0 fully saturated rings. The minimum atomic E-state index is -0.182. The van der Waals surface area contributed by atoms with E-state index in [1.165, 1.54) is 0 Å². The van der Waals surface area contributed by atoms with E-state index >= 15 is 0 Å². The van der Waals surface area contributed by atoms with E-state index in [0.717, 1.165) is 32.8 Å². The molecule has 0 saturated carbocycles. The van der Waals surface area contributed by atoms with Gasteiger partial charge in [-0.2, -0.15) is 5.10 Å². The first-order chi connectivity index (χ1) is 13.7. The Morgan fingerprint density at radius 1 is 0.964 bits per heavy atom. The summed E-state index contributed by atoms with van der Waals surface area (Å²) in [7, 11) is 1.90. The highest BCUT2D eigenvalue weighted by molar-refractivity contribution is 6.06. The Morgan fingerprint density at radius 3 is 2.75 bits per heavy atom. The summed E-state index contributed by atoms with van der Waals surface area (Å²) in [5.41, 5.74) is 3.72. The van der Waals surface area contributed by atoms with Crippen LogP contribution in [0.15, 0.2) is 73.3 Å². The lowest BCUT2D eigenvalue weighted by Gasteiger charge is -2.07. The zero-order valence-corrected chi connectivity index (χ0v) is 15.2. The summed E-state index contributed by atoms with van der Waals surface area (Å²) >= 11 is 0. The number of nitrogens with one attached hydrogen (secondary N) is 2. The second-order valence-electron chi connectivity index (χ2n) is 6.77. The highest BCUT2D eigenvalue weighted by Crippen LogP contribution is 2.25. The molecule has 6 nitrogen and oxygen atoms in total. The molecule has 0 aliphatic heterocycles. The number of fused-ring (bicyclic) bond motifs is 2. The Bertz CT molecular complexity index is 1330. The lowest BCUT2D eigenvalue weighted by Crippen LogP contribution is -2.12. The molecule has 136 valence electrons. The second-order valence-corrected chi connectivity index (χ2v) is 6.77. The summed E-state index contributed by atoms with van der Waals surface area (Å²) in [5, 5.41) is 10.1. The Kier molecular flexibility index (Phi) is 3.69. The standard InChI is InChI=1S/C22H17N5O/c1-27-13-19(12-25-27)14-2-3-17-11-24-21(10-18(17)8-14)26-22(28)16-4-5-20-15(9-16)6-7-23-20/h2-13,23H,1H3,(H,24,26,28). The SMILES string of the molecule is Cn1cc(-c2ccc3cnc(NC(=O)c4ccc5[nH]ccc5c4)cc3c2)cn1. The first kappa shape index (κ1) is 16.3. The van der Waals surface area contributed by atoms with E-state index in [0.29, 0.717) is 11.4 Å². The molecule has 6 heteroatoms.